The van der Waals surface area contributed by atoms with Gasteiger partial charge in [0.1, 0.15) is 0 Å². The van der Waals surface area contributed by atoms with E-state index < -0.39 is 5.41 Å². The second kappa shape index (κ2) is 8.72. The summed E-state index contributed by atoms with van der Waals surface area (Å²) in [6, 6.07) is 7.96. The molecule has 0 aromatic heterocycles. The summed E-state index contributed by atoms with van der Waals surface area (Å²) in [5.41, 5.74) is 0.837. The van der Waals surface area contributed by atoms with E-state index in [9.17, 15) is 4.79 Å². The lowest BCUT2D eigenvalue weighted by Crippen LogP contribution is -2.34. The predicted octanol–water partition coefficient (Wildman–Crippen LogP) is 4.56. The van der Waals surface area contributed by atoms with E-state index in [1.165, 1.54) is 20.0 Å². The lowest BCUT2D eigenvalue weighted by molar-refractivity contribution is -0.147. The molecule has 0 bridgehead atoms. The Balaban J connectivity index is 1.99. The van der Waals surface area contributed by atoms with Crippen LogP contribution in [0.4, 0.5) is 0 Å². The molecule has 1 N–H and O–H groups in total. The van der Waals surface area contributed by atoms with E-state index in [2.05, 4.69) is 15.9 Å². The average molecular weight is 415 g/mol. The zero-order valence-corrected chi connectivity index (χ0v) is 16.9. The minimum absolute atomic E-state index is 0.167. The molecule has 1 atom stereocenters. The van der Waals surface area contributed by atoms with Crippen molar-refractivity contribution in [1.82, 2.24) is 0 Å². The topological polar surface area (TPSA) is 46.5 Å². The van der Waals surface area contributed by atoms with Gasteiger partial charge < -0.3 is 9.84 Å². The highest BCUT2D eigenvalue weighted by molar-refractivity contribution is 9.10. The van der Waals surface area contributed by atoms with Gasteiger partial charge in [0, 0.05) is 10.2 Å². The summed E-state index contributed by atoms with van der Waals surface area (Å²) in [5.74, 6) is 1.78. The summed E-state index contributed by atoms with van der Waals surface area (Å²) in [6.07, 6.45) is 5.50. The molecular weight excluding hydrogens is 388 g/mol. The molecule has 24 heavy (non-hydrogen) atoms. The van der Waals surface area contributed by atoms with Crippen LogP contribution in [-0.2, 0) is 14.9 Å². The number of aliphatic hydroxyl groups is 1. The van der Waals surface area contributed by atoms with Crippen molar-refractivity contribution in [3.05, 3.63) is 34.3 Å². The van der Waals surface area contributed by atoms with Crippen LogP contribution < -0.4 is 0 Å². The molecule has 0 amide bonds. The molecule has 0 aliphatic heterocycles. The highest BCUT2D eigenvalue weighted by Gasteiger charge is 2.43. The van der Waals surface area contributed by atoms with Crippen LogP contribution in [0.25, 0.3) is 0 Å². The van der Waals surface area contributed by atoms with E-state index in [0.29, 0.717) is 5.41 Å². The Morgan fingerprint density at radius 1 is 1.46 bits per heavy atom. The fourth-order valence-electron chi connectivity index (χ4n) is 3.23. The largest absolute Gasteiger partial charge is 0.468 e. The number of ether oxygens (including phenoxy) is 1. The van der Waals surface area contributed by atoms with Crippen LogP contribution in [0.2, 0.25) is 0 Å². The molecule has 0 heterocycles. The minimum atomic E-state index is -0.604. The van der Waals surface area contributed by atoms with Crippen molar-refractivity contribution in [2.75, 3.05) is 25.2 Å². The maximum absolute atomic E-state index is 12.5. The first kappa shape index (κ1) is 19.8. The molecular formula is C19H27BrO3S. The van der Waals surface area contributed by atoms with Crippen LogP contribution in [0.5, 0.6) is 0 Å². The Bertz CT molecular complexity index is 559. The van der Waals surface area contributed by atoms with Crippen LogP contribution in [0, 0.1) is 5.41 Å². The number of hydrogen-bond acceptors (Lipinski definition) is 4. The van der Waals surface area contributed by atoms with Gasteiger partial charge in [0.25, 0.3) is 0 Å². The summed E-state index contributed by atoms with van der Waals surface area (Å²) in [6.45, 7) is 2.24. The number of benzene rings is 1. The van der Waals surface area contributed by atoms with Crippen molar-refractivity contribution in [1.29, 1.82) is 0 Å². The molecule has 1 aromatic rings. The Morgan fingerprint density at radius 3 is 2.79 bits per heavy atom. The van der Waals surface area contributed by atoms with Crippen molar-refractivity contribution >= 4 is 33.7 Å². The van der Waals surface area contributed by atoms with Crippen molar-refractivity contribution < 1.29 is 14.6 Å². The Labute approximate surface area is 157 Å². The van der Waals surface area contributed by atoms with Gasteiger partial charge in [0.05, 0.1) is 19.1 Å². The van der Waals surface area contributed by atoms with Crippen LogP contribution in [0.1, 0.15) is 44.6 Å². The molecule has 0 radical (unpaired) electrons. The van der Waals surface area contributed by atoms with Gasteiger partial charge in [-0.3, -0.25) is 4.79 Å². The molecule has 1 saturated carbocycles. The summed E-state index contributed by atoms with van der Waals surface area (Å²) in [7, 11) is 1.46. The van der Waals surface area contributed by atoms with E-state index in [1.807, 2.05) is 43.0 Å². The van der Waals surface area contributed by atoms with Crippen LogP contribution in [0.15, 0.2) is 28.7 Å². The number of rotatable bonds is 10. The monoisotopic (exact) mass is 414 g/mol. The van der Waals surface area contributed by atoms with Crippen molar-refractivity contribution in [3.63, 3.8) is 0 Å². The van der Waals surface area contributed by atoms with Crippen molar-refractivity contribution in [2.24, 2.45) is 5.41 Å². The molecule has 1 aromatic carbocycles. The third-order valence-electron chi connectivity index (χ3n) is 5.08. The summed E-state index contributed by atoms with van der Waals surface area (Å²) in [4.78, 5) is 12.5. The Kier molecular flexibility index (Phi) is 7.20. The summed E-state index contributed by atoms with van der Waals surface area (Å²) < 4.78 is 6.08. The van der Waals surface area contributed by atoms with Crippen molar-refractivity contribution in [2.45, 2.75) is 44.4 Å². The van der Waals surface area contributed by atoms with Crippen LogP contribution in [0.3, 0.4) is 0 Å². The Morgan fingerprint density at radius 2 is 2.21 bits per heavy atom. The number of methoxy groups -OCH3 is 1. The summed E-state index contributed by atoms with van der Waals surface area (Å²) in [5, 5.41) is 8.93. The van der Waals surface area contributed by atoms with Gasteiger partial charge in [-0.25, -0.2) is 0 Å². The highest BCUT2D eigenvalue weighted by Crippen LogP contribution is 2.52. The number of esters is 1. The van der Waals surface area contributed by atoms with Gasteiger partial charge in [-0.15, -0.1) is 0 Å². The highest BCUT2D eigenvalue weighted by atomic mass is 79.9. The number of aliphatic hydroxyl groups excluding tert-OH is 1. The smallest absolute Gasteiger partial charge is 0.315 e. The first-order valence-corrected chi connectivity index (χ1v) is 10.4. The fourth-order valence-corrected chi connectivity index (χ4v) is 4.77. The number of carbonyl (C=O) groups is 1. The number of thioether (sulfide) groups is 1. The molecule has 0 saturated heterocycles. The van der Waals surface area contributed by atoms with Gasteiger partial charge in [0.2, 0.25) is 0 Å². The predicted molar refractivity (Wildman–Crippen MR) is 103 cm³/mol. The SMILES string of the molecule is COC(=O)C(C)(CCCC1(CSCCO)CC1)c1cccc(Br)c1. The van der Waals surface area contributed by atoms with Gasteiger partial charge in [-0.2, -0.15) is 11.8 Å². The zero-order valence-electron chi connectivity index (χ0n) is 14.5. The molecule has 5 heteroatoms. The van der Waals surface area contributed by atoms with Gasteiger partial charge in [0.15, 0.2) is 0 Å². The zero-order chi connectivity index (χ0) is 17.6. The third-order valence-corrected chi connectivity index (χ3v) is 6.86. The normalized spacial score (nSPS) is 18.0. The van der Waals surface area contributed by atoms with Crippen LogP contribution in [-0.4, -0.2) is 36.3 Å². The molecule has 2 rings (SSSR count). The molecule has 1 unspecified atom stereocenters. The van der Waals surface area contributed by atoms with E-state index in [0.717, 1.165) is 40.8 Å². The van der Waals surface area contributed by atoms with Gasteiger partial charge in [-0.1, -0.05) is 34.5 Å². The molecule has 0 spiro atoms. The minimum Gasteiger partial charge on any atom is -0.468 e. The lowest BCUT2D eigenvalue weighted by Gasteiger charge is -2.28. The first-order chi connectivity index (χ1) is 11.5. The maximum Gasteiger partial charge on any atom is 0.315 e. The number of hydrogen-bond donors (Lipinski definition) is 1. The fraction of sp³-hybridized carbons (Fsp3) is 0.632. The second-order valence-corrected chi connectivity index (χ2v) is 8.98. The summed E-state index contributed by atoms with van der Waals surface area (Å²) >= 11 is 5.34. The van der Waals surface area contributed by atoms with E-state index in [-0.39, 0.29) is 12.6 Å². The number of carbonyl (C=O) groups excluding carboxylic acids is 1. The van der Waals surface area contributed by atoms with Gasteiger partial charge in [-0.05, 0) is 61.5 Å². The molecule has 1 aliphatic rings. The van der Waals surface area contributed by atoms with E-state index in [4.69, 9.17) is 9.84 Å². The van der Waals surface area contributed by atoms with E-state index >= 15 is 0 Å². The molecule has 1 fully saturated rings. The average Bonchev–Trinajstić information content (AvgIpc) is 3.34. The number of halogens is 1. The Hall–Kier alpha value is -0.520. The van der Waals surface area contributed by atoms with E-state index in [1.54, 1.807) is 0 Å². The quantitative estimate of drug-likeness (QED) is 0.450. The molecule has 1 aliphatic carbocycles. The first-order valence-electron chi connectivity index (χ1n) is 8.49. The van der Waals surface area contributed by atoms with Gasteiger partial charge >= 0.3 is 5.97 Å². The molecule has 134 valence electrons. The van der Waals surface area contributed by atoms with Crippen LogP contribution >= 0.6 is 27.7 Å². The van der Waals surface area contributed by atoms with Crippen molar-refractivity contribution in [3.8, 4) is 0 Å². The lowest BCUT2D eigenvalue weighted by atomic mass is 9.77. The third kappa shape index (κ3) is 4.99. The maximum atomic E-state index is 12.5. The molecule has 3 nitrogen and oxygen atoms in total. The standard InChI is InChI=1S/C19H27BrO3S/c1-18(17(22)23-2,15-5-3-6-16(20)13-15)7-4-8-19(9-10-19)14-24-12-11-21/h3,5-6,13,21H,4,7-12,14H2,1-2H3. The second-order valence-electron chi connectivity index (χ2n) is 6.96.